The lowest BCUT2D eigenvalue weighted by Crippen LogP contribution is -2.35. The molecular formula is C18H24N4O. The third-order valence-electron chi connectivity index (χ3n) is 4.54. The molecule has 3 rings (SSSR count). The van der Waals surface area contributed by atoms with E-state index >= 15 is 0 Å². The molecule has 1 unspecified atom stereocenters. The normalized spacial score (nSPS) is 15.3. The number of aromatic nitrogens is 2. The molecule has 0 aliphatic heterocycles. The van der Waals surface area contributed by atoms with Gasteiger partial charge in [-0.1, -0.05) is 30.3 Å². The average molecular weight is 312 g/mol. The van der Waals surface area contributed by atoms with Gasteiger partial charge in [-0.25, -0.2) is 0 Å². The van der Waals surface area contributed by atoms with Crippen LogP contribution < -0.4 is 5.32 Å². The van der Waals surface area contributed by atoms with Gasteiger partial charge < -0.3 is 10.2 Å². The van der Waals surface area contributed by atoms with E-state index in [9.17, 15) is 4.79 Å². The van der Waals surface area contributed by atoms with Gasteiger partial charge in [0.2, 0.25) is 0 Å². The molecule has 0 fully saturated rings. The van der Waals surface area contributed by atoms with Gasteiger partial charge in [-0.15, -0.1) is 0 Å². The van der Waals surface area contributed by atoms with Crippen LogP contribution in [0.4, 0.5) is 0 Å². The number of H-pyrrole nitrogens is 1. The number of rotatable bonds is 5. The molecule has 0 bridgehead atoms. The first-order valence-electron chi connectivity index (χ1n) is 8.22. The van der Waals surface area contributed by atoms with Crippen LogP contribution in [0.25, 0.3) is 0 Å². The Kier molecular flexibility index (Phi) is 4.76. The van der Waals surface area contributed by atoms with Gasteiger partial charge >= 0.3 is 0 Å². The molecule has 23 heavy (non-hydrogen) atoms. The summed E-state index contributed by atoms with van der Waals surface area (Å²) in [4.78, 5) is 14.6. The van der Waals surface area contributed by atoms with E-state index < -0.39 is 0 Å². The molecule has 122 valence electrons. The Morgan fingerprint density at radius 3 is 2.74 bits per heavy atom. The summed E-state index contributed by atoms with van der Waals surface area (Å²) in [7, 11) is 4.06. The van der Waals surface area contributed by atoms with Crippen molar-refractivity contribution in [3.05, 3.63) is 52.8 Å². The molecule has 2 N–H and O–H groups in total. The minimum Gasteiger partial charge on any atom is -0.349 e. The van der Waals surface area contributed by atoms with E-state index in [0.717, 1.165) is 30.5 Å². The second-order valence-corrected chi connectivity index (χ2v) is 6.34. The molecule has 0 radical (unpaired) electrons. The van der Waals surface area contributed by atoms with E-state index in [2.05, 4.69) is 32.5 Å². The van der Waals surface area contributed by atoms with Crippen molar-refractivity contribution < 1.29 is 4.79 Å². The van der Waals surface area contributed by atoms with Crippen molar-refractivity contribution in [3.8, 4) is 0 Å². The number of aromatic amines is 1. The van der Waals surface area contributed by atoms with Crippen molar-refractivity contribution in [2.24, 2.45) is 0 Å². The molecule has 1 aromatic heterocycles. The van der Waals surface area contributed by atoms with Crippen molar-refractivity contribution in [1.82, 2.24) is 20.4 Å². The monoisotopic (exact) mass is 312 g/mol. The standard InChI is InChI=1S/C18H24N4O/c1-22(2)16(13-8-4-3-5-9-13)12-19-18(23)17-14-10-6-7-11-15(14)20-21-17/h3-5,8-9,16H,6-7,10-12H2,1-2H3,(H,19,23)(H,20,21). The Hall–Kier alpha value is -2.14. The van der Waals surface area contributed by atoms with Gasteiger partial charge in [0, 0.05) is 17.8 Å². The number of carbonyl (C=O) groups is 1. The van der Waals surface area contributed by atoms with Gasteiger partial charge in [-0.3, -0.25) is 9.89 Å². The summed E-state index contributed by atoms with van der Waals surface area (Å²) in [5, 5.41) is 10.3. The van der Waals surface area contributed by atoms with Gasteiger partial charge in [0.1, 0.15) is 0 Å². The number of aryl methyl sites for hydroxylation is 1. The number of likely N-dealkylation sites (N-methyl/N-ethyl adjacent to an activating group) is 1. The summed E-state index contributed by atoms with van der Waals surface area (Å²) < 4.78 is 0. The van der Waals surface area contributed by atoms with Gasteiger partial charge in [-0.2, -0.15) is 5.10 Å². The van der Waals surface area contributed by atoms with Crippen LogP contribution in [-0.2, 0) is 12.8 Å². The zero-order chi connectivity index (χ0) is 16.2. The lowest BCUT2D eigenvalue weighted by Gasteiger charge is -2.25. The van der Waals surface area contributed by atoms with Gasteiger partial charge in [0.15, 0.2) is 5.69 Å². The van der Waals surface area contributed by atoms with Crippen LogP contribution in [0.3, 0.4) is 0 Å². The summed E-state index contributed by atoms with van der Waals surface area (Å²) in [5.74, 6) is -0.0767. The molecular weight excluding hydrogens is 288 g/mol. The summed E-state index contributed by atoms with van der Waals surface area (Å²) in [5.41, 5.74) is 4.01. The molecule has 1 aromatic carbocycles. The van der Waals surface area contributed by atoms with Crippen molar-refractivity contribution in [1.29, 1.82) is 0 Å². The van der Waals surface area contributed by atoms with Gasteiger partial charge in [0.05, 0.1) is 6.04 Å². The smallest absolute Gasteiger partial charge is 0.272 e. The maximum Gasteiger partial charge on any atom is 0.272 e. The lowest BCUT2D eigenvalue weighted by atomic mass is 9.95. The topological polar surface area (TPSA) is 61.0 Å². The molecule has 5 heteroatoms. The fourth-order valence-electron chi connectivity index (χ4n) is 3.22. The minimum absolute atomic E-state index is 0.0767. The number of carbonyl (C=O) groups excluding carboxylic acids is 1. The van der Waals surface area contributed by atoms with Crippen LogP contribution in [0.15, 0.2) is 30.3 Å². The highest BCUT2D eigenvalue weighted by Crippen LogP contribution is 2.22. The highest BCUT2D eigenvalue weighted by atomic mass is 16.1. The van der Waals surface area contributed by atoms with Crippen LogP contribution in [-0.4, -0.2) is 41.6 Å². The molecule has 1 aliphatic rings. The van der Waals surface area contributed by atoms with E-state index in [4.69, 9.17) is 0 Å². The Morgan fingerprint density at radius 2 is 2.00 bits per heavy atom. The average Bonchev–Trinajstić information content (AvgIpc) is 2.99. The predicted octanol–water partition coefficient (Wildman–Crippen LogP) is 2.32. The molecule has 1 amide bonds. The van der Waals surface area contributed by atoms with E-state index in [1.54, 1.807) is 0 Å². The van der Waals surface area contributed by atoms with Crippen molar-refractivity contribution >= 4 is 5.91 Å². The number of nitrogens with zero attached hydrogens (tertiary/aromatic N) is 2. The second kappa shape index (κ2) is 6.96. The predicted molar refractivity (Wildman–Crippen MR) is 90.4 cm³/mol. The number of hydrogen-bond acceptors (Lipinski definition) is 3. The van der Waals surface area contributed by atoms with Crippen LogP contribution in [0.1, 0.15) is 46.2 Å². The third kappa shape index (κ3) is 3.45. The zero-order valence-corrected chi connectivity index (χ0v) is 13.8. The summed E-state index contributed by atoms with van der Waals surface area (Å²) >= 11 is 0. The summed E-state index contributed by atoms with van der Waals surface area (Å²) in [6.45, 7) is 0.567. The van der Waals surface area contributed by atoms with Crippen molar-refractivity contribution in [3.63, 3.8) is 0 Å². The first kappa shape index (κ1) is 15.7. The Bertz CT molecular complexity index is 663. The maximum atomic E-state index is 12.5. The molecule has 1 atom stereocenters. The molecule has 1 heterocycles. The van der Waals surface area contributed by atoms with Crippen LogP contribution in [0.5, 0.6) is 0 Å². The van der Waals surface area contributed by atoms with E-state index in [1.165, 1.54) is 12.0 Å². The highest BCUT2D eigenvalue weighted by molar-refractivity contribution is 5.94. The number of fused-ring (bicyclic) bond motifs is 1. The fraction of sp³-hybridized carbons (Fsp3) is 0.444. The van der Waals surface area contributed by atoms with Gasteiger partial charge in [0.25, 0.3) is 5.91 Å². The molecule has 0 saturated heterocycles. The Labute approximate surface area is 137 Å². The highest BCUT2D eigenvalue weighted by Gasteiger charge is 2.22. The zero-order valence-electron chi connectivity index (χ0n) is 13.8. The maximum absolute atomic E-state index is 12.5. The van der Waals surface area contributed by atoms with Crippen molar-refractivity contribution in [2.75, 3.05) is 20.6 Å². The SMILES string of the molecule is CN(C)C(CNC(=O)c1n[nH]c2c1CCCC2)c1ccccc1. The number of hydrogen-bond donors (Lipinski definition) is 2. The quantitative estimate of drug-likeness (QED) is 0.891. The first-order valence-corrected chi connectivity index (χ1v) is 8.22. The Morgan fingerprint density at radius 1 is 1.26 bits per heavy atom. The fourth-order valence-corrected chi connectivity index (χ4v) is 3.22. The van der Waals surface area contributed by atoms with E-state index in [-0.39, 0.29) is 11.9 Å². The number of amides is 1. The Balaban J connectivity index is 1.69. The van der Waals surface area contributed by atoms with Crippen molar-refractivity contribution in [2.45, 2.75) is 31.7 Å². The van der Waals surface area contributed by atoms with Crippen LogP contribution in [0, 0.1) is 0 Å². The lowest BCUT2D eigenvalue weighted by molar-refractivity contribution is 0.0936. The van der Waals surface area contributed by atoms with Gasteiger partial charge in [-0.05, 0) is 45.3 Å². The molecule has 5 nitrogen and oxygen atoms in total. The summed E-state index contributed by atoms with van der Waals surface area (Å²) in [6.07, 6.45) is 4.26. The third-order valence-corrected chi connectivity index (χ3v) is 4.54. The molecule has 2 aromatic rings. The summed E-state index contributed by atoms with van der Waals surface area (Å²) in [6, 6.07) is 10.4. The molecule has 1 aliphatic carbocycles. The van der Waals surface area contributed by atoms with E-state index in [0.29, 0.717) is 12.2 Å². The minimum atomic E-state index is -0.0767. The second-order valence-electron chi connectivity index (χ2n) is 6.34. The first-order chi connectivity index (χ1) is 11.2. The number of benzene rings is 1. The van der Waals surface area contributed by atoms with Crippen LogP contribution in [0.2, 0.25) is 0 Å². The molecule has 0 saturated carbocycles. The largest absolute Gasteiger partial charge is 0.349 e. The van der Waals surface area contributed by atoms with Crippen LogP contribution >= 0.6 is 0 Å². The molecule has 0 spiro atoms. The van der Waals surface area contributed by atoms with E-state index in [1.807, 2.05) is 32.3 Å². The number of nitrogens with one attached hydrogen (secondary N) is 2.